The van der Waals surface area contributed by atoms with Crippen molar-refractivity contribution < 1.29 is 10.3 Å². The number of benzene rings is 1. The van der Waals surface area contributed by atoms with Gasteiger partial charge in [0.25, 0.3) is 0 Å². The maximum absolute atomic E-state index is 9.59. The lowest BCUT2D eigenvalue weighted by Crippen LogP contribution is -2.43. The molecule has 1 rings (SSSR count). The number of oxime groups is 1. The standard InChI is InChI=1S/C14H23N3O2/c1-14(11-18,12-7-3-2-4-8-12)16-10-6-5-9-13(15)17-19/h2-4,7-8,16,18-19H,5-6,9-11H2,1H3,(H2,15,17). The van der Waals surface area contributed by atoms with Crippen LogP contribution < -0.4 is 11.1 Å². The average Bonchev–Trinajstić information content (AvgIpc) is 2.47. The van der Waals surface area contributed by atoms with E-state index in [1.165, 1.54) is 0 Å². The highest BCUT2D eigenvalue weighted by Crippen LogP contribution is 2.19. The predicted molar refractivity (Wildman–Crippen MR) is 76.1 cm³/mol. The van der Waals surface area contributed by atoms with Crippen LogP contribution in [0.25, 0.3) is 0 Å². The number of nitrogens with two attached hydrogens (primary N) is 1. The highest BCUT2D eigenvalue weighted by molar-refractivity contribution is 5.79. The van der Waals surface area contributed by atoms with Gasteiger partial charge in [-0.2, -0.15) is 0 Å². The van der Waals surface area contributed by atoms with Gasteiger partial charge in [-0.25, -0.2) is 0 Å². The average molecular weight is 265 g/mol. The molecule has 1 aromatic carbocycles. The molecule has 0 bridgehead atoms. The Balaban J connectivity index is 2.41. The van der Waals surface area contributed by atoms with E-state index in [1.807, 2.05) is 37.3 Å². The molecular formula is C14H23N3O2. The number of hydrogen-bond donors (Lipinski definition) is 4. The summed E-state index contributed by atoms with van der Waals surface area (Å²) in [6.45, 7) is 2.79. The third-order valence-corrected chi connectivity index (χ3v) is 3.23. The molecule has 0 aliphatic heterocycles. The van der Waals surface area contributed by atoms with Gasteiger partial charge in [-0.1, -0.05) is 35.5 Å². The van der Waals surface area contributed by atoms with Crippen LogP contribution >= 0.6 is 0 Å². The minimum Gasteiger partial charge on any atom is -0.409 e. The summed E-state index contributed by atoms with van der Waals surface area (Å²) in [5.41, 5.74) is 6.03. The molecule has 106 valence electrons. The van der Waals surface area contributed by atoms with Crippen LogP contribution in [0, 0.1) is 0 Å². The van der Waals surface area contributed by atoms with Crippen LogP contribution in [0.5, 0.6) is 0 Å². The summed E-state index contributed by atoms with van der Waals surface area (Å²) < 4.78 is 0. The van der Waals surface area contributed by atoms with Crippen molar-refractivity contribution in [1.29, 1.82) is 0 Å². The van der Waals surface area contributed by atoms with Gasteiger partial charge in [-0.05, 0) is 31.9 Å². The molecule has 0 radical (unpaired) electrons. The van der Waals surface area contributed by atoms with Gasteiger partial charge in [0.2, 0.25) is 0 Å². The number of hydrogen-bond acceptors (Lipinski definition) is 4. The smallest absolute Gasteiger partial charge is 0.139 e. The third-order valence-electron chi connectivity index (χ3n) is 3.23. The topological polar surface area (TPSA) is 90.9 Å². The van der Waals surface area contributed by atoms with Crippen molar-refractivity contribution in [3.63, 3.8) is 0 Å². The molecule has 5 N–H and O–H groups in total. The van der Waals surface area contributed by atoms with Crippen LogP contribution in [0.1, 0.15) is 31.7 Å². The second-order valence-corrected chi connectivity index (χ2v) is 4.83. The third kappa shape index (κ3) is 4.89. The summed E-state index contributed by atoms with van der Waals surface area (Å²) in [6, 6.07) is 9.88. The molecule has 0 amide bonds. The summed E-state index contributed by atoms with van der Waals surface area (Å²) in [5.74, 6) is 0.257. The Morgan fingerprint density at radius 3 is 2.58 bits per heavy atom. The number of rotatable bonds is 8. The summed E-state index contributed by atoms with van der Waals surface area (Å²) in [5, 5.41) is 24.3. The fraction of sp³-hybridized carbons (Fsp3) is 0.500. The number of nitrogens with one attached hydrogen (secondary N) is 1. The van der Waals surface area contributed by atoms with Gasteiger partial charge in [0.05, 0.1) is 12.1 Å². The van der Waals surface area contributed by atoms with Gasteiger partial charge in [0.1, 0.15) is 5.84 Å². The molecule has 1 atom stereocenters. The molecule has 0 fully saturated rings. The lowest BCUT2D eigenvalue weighted by Gasteiger charge is -2.29. The fourth-order valence-electron chi connectivity index (χ4n) is 1.90. The van der Waals surface area contributed by atoms with Gasteiger partial charge >= 0.3 is 0 Å². The van der Waals surface area contributed by atoms with Gasteiger partial charge in [-0.15, -0.1) is 0 Å². The van der Waals surface area contributed by atoms with E-state index in [1.54, 1.807) is 0 Å². The van der Waals surface area contributed by atoms with Crippen molar-refractivity contribution in [2.24, 2.45) is 10.9 Å². The van der Waals surface area contributed by atoms with Crippen LogP contribution in [0.4, 0.5) is 0 Å². The Labute approximate surface area is 114 Å². The molecule has 0 aliphatic carbocycles. The lowest BCUT2D eigenvalue weighted by molar-refractivity contribution is 0.175. The zero-order chi connectivity index (χ0) is 14.1. The highest BCUT2D eigenvalue weighted by atomic mass is 16.4. The molecule has 0 aromatic heterocycles. The normalized spacial score (nSPS) is 15.2. The minimum absolute atomic E-state index is 0.0389. The Kier molecular flexibility index (Phi) is 6.32. The van der Waals surface area contributed by atoms with Gasteiger partial charge in [0, 0.05) is 6.42 Å². The van der Waals surface area contributed by atoms with Crippen molar-refractivity contribution in [1.82, 2.24) is 5.32 Å². The zero-order valence-electron chi connectivity index (χ0n) is 11.3. The van der Waals surface area contributed by atoms with Crippen LogP contribution in [-0.4, -0.2) is 29.3 Å². The quantitative estimate of drug-likeness (QED) is 0.188. The Bertz CT molecular complexity index is 395. The monoisotopic (exact) mass is 265 g/mol. The second kappa shape index (κ2) is 7.76. The Morgan fingerprint density at radius 1 is 1.32 bits per heavy atom. The Morgan fingerprint density at radius 2 is 2.00 bits per heavy atom. The number of amidine groups is 1. The van der Waals surface area contributed by atoms with E-state index in [4.69, 9.17) is 10.9 Å². The van der Waals surface area contributed by atoms with Crippen molar-refractivity contribution in [3.8, 4) is 0 Å². The first-order valence-electron chi connectivity index (χ1n) is 6.50. The van der Waals surface area contributed by atoms with Crippen molar-refractivity contribution >= 4 is 5.84 Å². The second-order valence-electron chi connectivity index (χ2n) is 4.83. The molecule has 19 heavy (non-hydrogen) atoms. The van der Waals surface area contributed by atoms with Crippen LogP contribution in [-0.2, 0) is 5.54 Å². The van der Waals surface area contributed by atoms with Crippen molar-refractivity contribution in [3.05, 3.63) is 35.9 Å². The maximum atomic E-state index is 9.59. The van der Waals surface area contributed by atoms with E-state index < -0.39 is 5.54 Å². The molecule has 0 aliphatic rings. The van der Waals surface area contributed by atoms with Gasteiger partial charge in [-0.3, -0.25) is 0 Å². The van der Waals surface area contributed by atoms with Crippen molar-refractivity contribution in [2.45, 2.75) is 31.7 Å². The van der Waals surface area contributed by atoms with E-state index in [-0.39, 0.29) is 12.4 Å². The highest BCUT2D eigenvalue weighted by Gasteiger charge is 2.24. The van der Waals surface area contributed by atoms with E-state index in [9.17, 15) is 5.11 Å². The minimum atomic E-state index is -0.433. The van der Waals surface area contributed by atoms with E-state index in [0.29, 0.717) is 6.42 Å². The zero-order valence-corrected chi connectivity index (χ0v) is 11.3. The molecule has 0 spiro atoms. The molecular weight excluding hydrogens is 242 g/mol. The lowest BCUT2D eigenvalue weighted by atomic mass is 9.93. The number of unbranched alkanes of at least 4 members (excludes halogenated alkanes) is 1. The van der Waals surface area contributed by atoms with Gasteiger partial charge < -0.3 is 21.4 Å². The molecule has 1 unspecified atom stereocenters. The van der Waals surface area contributed by atoms with Crippen LogP contribution in [0.2, 0.25) is 0 Å². The first-order valence-corrected chi connectivity index (χ1v) is 6.50. The van der Waals surface area contributed by atoms with Crippen LogP contribution in [0.3, 0.4) is 0 Å². The Hall–Kier alpha value is -1.59. The molecule has 0 heterocycles. The van der Waals surface area contributed by atoms with E-state index >= 15 is 0 Å². The van der Waals surface area contributed by atoms with E-state index in [2.05, 4.69) is 10.5 Å². The SMILES string of the molecule is CC(CO)(NCCCC/C(N)=N/O)c1ccccc1. The molecule has 0 saturated heterocycles. The molecule has 5 nitrogen and oxygen atoms in total. The first kappa shape index (κ1) is 15.5. The maximum Gasteiger partial charge on any atom is 0.139 e. The predicted octanol–water partition coefficient (Wildman–Crippen LogP) is 1.40. The summed E-state index contributed by atoms with van der Waals surface area (Å²) in [6.07, 6.45) is 2.33. The van der Waals surface area contributed by atoms with E-state index in [0.717, 1.165) is 24.9 Å². The number of nitrogens with zero attached hydrogens (tertiary/aromatic N) is 1. The summed E-state index contributed by atoms with van der Waals surface area (Å²) in [4.78, 5) is 0. The number of aliphatic hydroxyl groups excluding tert-OH is 1. The summed E-state index contributed by atoms with van der Waals surface area (Å²) >= 11 is 0. The number of aliphatic hydroxyl groups is 1. The van der Waals surface area contributed by atoms with Gasteiger partial charge in [0.15, 0.2) is 0 Å². The molecule has 5 heteroatoms. The van der Waals surface area contributed by atoms with Crippen LogP contribution in [0.15, 0.2) is 35.5 Å². The van der Waals surface area contributed by atoms with Crippen molar-refractivity contribution in [2.75, 3.05) is 13.2 Å². The summed E-state index contributed by atoms with van der Waals surface area (Å²) in [7, 11) is 0. The largest absolute Gasteiger partial charge is 0.409 e. The molecule has 0 saturated carbocycles. The fourth-order valence-corrected chi connectivity index (χ4v) is 1.90. The molecule has 1 aromatic rings. The first-order chi connectivity index (χ1) is 9.12.